The predicted molar refractivity (Wildman–Crippen MR) is 258 cm³/mol. The fraction of sp³-hybridized carbons (Fsp3) is 0.373. The summed E-state index contributed by atoms with van der Waals surface area (Å²) in [7, 11) is -4.32. The van der Waals surface area contributed by atoms with Gasteiger partial charge in [0.2, 0.25) is 10.0 Å². The highest BCUT2D eigenvalue weighted by molar-refractivity contribution is 7.89. The number of alkyl carbamates (subject to hydrolysis) is 1. The summed E-state index contributed by atoms with van der Waals surface area (Å²) in [6, 6.07) is 23.9. The van der Waals surface area contributed by atoms with Crippen molar-refractivity contribution in [3.8, 4) is 11.5 Å². The molecular weight excluding hydrogens is 984 g/mol. The lowest BCUT2D eigenvalue weighted by Gasteiger charge is -2.43. The van der Waals surface area contributed by atoms with Gasteiger partial charge in [-0.05, 0) is 129 Å². The summed E-state index contributed by atoms with van der Waals surface area (Å²) in [4.78, 5) is 43.4. The van der Waals surface area contributed by atoms with E-state index in [4.69, 9.17) is 42.1 Å². The van der Waals surface area contributed by atoms with E-state index in [2.05, 4.69) is 15.5 Å². The molecule has 2 amide bonds. The molecule has 0 spiro atoms. The maximum Gasteiger partial charge on any atom is 0.408 e. The number of benzene rings is 4. The fourth-order valence-corrected chi connectivity index (χ4v) is 11.6. The van der Waals surface area contributed by atoms with E-state index >= 15 is 0 Å². The van der Waals surface area contributed by atoms with Gasteiger partial charge in [0.05, 0.1) is 17.5 Å². The monoisotopic (exact) mass is 1030 g/mol. The second kappa shape index (κ2) is 21.7. The first-order valence-electron chi connectivity index (χ1n) is 23.4. The van der Waals surface area contributed by atoms with Crippen molar-refractivity contribution in [2.45, 2.75) is 80.7 Å². The van der Waals surface area contributed by atoms with E-state index in [9.17, 15) is 36.8 Å². The number of alkyl halides is 2. The molecule has 71 heavy (non-hydrogen) atoms. The third-order valence-corrected chi connectivity index (χ3v) is 15.9. The molecule has 0 unspecified atom stereocenters. The van der Waals surface area contributed by atoms with Crippen molar-refractivity contribution < 1.29 is 55.3 Å². The minimum atomic E-state index is -4.32. The van der Waals surface area contributed by atoms with Crippen LogP contribution in [0.15, 0.2) is 114 Å². The molecule has 20 heteroatoms. The van der Waals surface area contributed by atoms with Crippen molar-refractivity contribution in [1.82, 2.24) is 14.5 Å². The summed E-state index contributed by atoms with van der Waals surface area (Å²) >= 11 is 12.9. The van der Waals surface area contributed by atoms with Crippen molar-refractivity contribution >= 4 is 56.9 Å². The van der Waals surface area contributed by atoms with Crippen LogP contribution < -0.4 is 24.8 Å². The lowest BCUT2D eigenvalue weighted by atomic mass is 9.86. The van der Waals surface area contributed by atoms with Crippen LogP contribution in [0, 0.1) is 17.0 Å². The molecule has 1 saturated carbocycles. The van der Waals surface area contributed by atoms with E-state index in [0.717, 1.165) is 61.0 Å². The van der Waals surface area contributed by atoms with Crippen LogP contribution in [-0.2, 0) is 30.7 Å². The Labute approximate surface area is 419 Å². The lowest BCUT2D eigenvalue weighted by molar-refractivity contribution is -0.605. The summed E-state index contributed by atoms with van der Waals surface area (Å²) in [5, 5.41) is 17.9. The van der Waals surface area contributed by atoms with Gasteiger partial charge in [0.25, 0.3) is 5.91 Å². The van der Waals surface area contributed by atoms with Gasteiger partial charge < -0.3 is 34.8 Å². The number of rotatable bonds is 18. The number of pyridine rings is 1. The minimum absolute atomic E-state index is 0.00346. The number of ether oxygens (including phenoxy) is 4. The Hall–Kier alpha value is -6.05. The Morgan fingerprint density at radius 1 is 0.817 bits per heavy atom. The van der Waals surface area contributed by atoms with E-state index in [0.29, 0.717) is 34.9 Å². The molecule has 5 aliphatic rings. The highest BCUT2D eigenvalue weighted by Crippen LogP contribution is 2.39. The van der Waals surface area contributed by atoms with Crippen molar-refractivity contribution in [1.29, 1.82) is 0 Å². The van der Waals surface area contributed by atoms with Crippen molar-refractivity contribution in [2.24, 2.45) is 11.8 Å². The van der Waals surface area contributed by atoms with Crippen molar-refractivity contribution in [3.05, 3.63) is 153 Å². The van der Waals surface area contributed by atoms with Gasteiger partial charge in [-0.25, -0.2) is 13.2 Å². The van der Waals surface area contributed by atoms with E-state index in [1.165, 1.54) is 42.5 Å². The number of fused-ring (bicyclic) bond motifs is 3. The minimum Gasteiger partial charge on any atom is -0.619 e. The van der Waals surface area contributed by atoms with Gasteiger partial charge in [-0.15, -0.1) is 0 Å². The second-order valence-corrected chi connectivity index (χ2v) is 20.9. The summed E-state index contributed by atoms with van der Waals surface area (Å²) in [5.41, 5.74) is 2.54. The predicted octanol–water partition coefficient (Wildman–Crippen LogP) is 8.86. The van der Waals surface area contributed by atoms with Crippen molar-refractivity contribution in [3.63, 3.8) is 0 Å². The molecule has 4 saturated heterocycles. The Kier molecular flexibility index (Phi) is 15.3. The highest BCUT2D eigenvalue weighted by atomic mass is 35.5. The molecule has 0 radical (unpaired) electrons. The number of amides is 2. The van der Waals surface area contributed by atoms with Crippen LogP contribution in [0.1, 0.15) is 83.3 Å². The number of piperidine rings is 3. The molecule has 2 bridgehead atoms. The number of nitrogens with zero attached hydrogens (tertiary/aromatic N) is 3. The molecule has 1 aliphatic carbocycles. The van der Waals surface area contributed by atoms with E-state index in [1.807, 2.05) is 36.4 Å². The maximum atomic E-state index is 14.2. The second-order valence-electron chi connectivity index (χ2n) is 18.2. The number of hydrogen-bond donors (Lipinski definition) is 2. The number of anilines is 1. The Morgan fingerprint density at radius 2 is 1.54 bits per heavy atom. The third kappa shape index (κ3) is 12.0. The summed E-state index contributed by atoms with van der Waals surface area (Å²) in [6.45, 7) is -0.170. The van der Waals surface area contributed by atoms with E-state index in [1.54, 1.807) is 18.2 Å². The van der Waals surface area contributed by atoms with Gasteiger partial charge in [0, 0.05) is 36.3 Å². The zero-order valence-corrected chi connectivity index (χ0v) is 40.6. The molecule has 5 fully saturated rings. The number of carbonyl (C=O) groups is 3. The molecule has 374 valence electrons. The molecule has 5 heterocycles. The molecule has 2 N–H and O–H groups in total. The Balaban J connectivity index is 0.890. The van der Waals surface area contributed by atoms with E-state index in [-0.39, 0.29) is 81.1 Å². The number of esters is 1. The van der Waals surface area contributed by atoms with Crippen LogP contribution in [0.4, 0.5) is 19.3 Å². The highest BCUT2D eigenvalue weighted by Gasteiger charge is 2.42. The summed E-state index contributed by atoms with van der Waals surface area (Å²) in [5.74, 6) is -1.04. The first kappa shape index (κ1) is 49.9. The molecule has 5 aromatic rings. The standard InChI is InChI=1S/C51H51Cl2F2N5O10S/c52-40-27-59(64)28-41(53)39(40)26-44(34-13-18-43(69-50(54)55)45(25-34)67-30-31-11-12-31)68-49(62)42-10-5-21-60(42)71(65,66)38-16-14-37(15-17-38)56-48(61)36-9-4-8-35(24-36)47(33-6-2-1-3-7-33)57-51(63)70-46-29-58-22-19-32(46)20-23-58/h1-4,6-9,13-18,24-25,27-28,31-32,42,44,46-47,50H,5,10-12,19-23,26,29-30H2,(H,56,61)(H,57,63)/t42-,44-,46-,47-/m0/s1. The molecule has 4 aliphatic heterocycles. The van der Waals surface area contributed by atoms with Gasteiger partial charge in [-0.1, -0.05) is 71.7 Å². The Morgan fingerprint density at radius 3 is 2.21 bits per heavy atom. The first-order valence-corrected chi connectivity index (χ1v) is 25.6. The van der Waals surface area contributed by atoms with Gasteiger partial charge in [0.15, 0.2) is 23.9 Å². The lowest BCUT2D eigenvalue weighted by Crippen LogP contribution is -2.52. The van der Waals surface area contributed by atoms with Crippen LogP contribution in [-0.4, -0.2) is 87.1 Å². The van der Waals surface area contributed by atoms with Gasteiger partial charge in [-0.3, -0.25) is 14.5 Å². The first-order chi connectivity index (χ1) is 34.2. The number of halogens is 4. The van der Waals surface area contributed by atoms with Crippen LogP contribution in [0.2, 0.25) is 10.0 Å². The van der Waals surface area contributed by atoms with Gasteiger partial charge in [-0.2, -0.15) is 17.8 Å². The zero-order chi connectivity index (χ0) is 49.8. The average Bonchev–Trinajstić information content (AvgIpc) is 4.05. The molecule has 15 nitrogen and oxygen atoms in total. The number of aromatic nitrogens is 1. The smallest absolute Gasteiger partial charge is 0.408 e. The zero-order valence-electron chi connectivity index (χ0n) is 38.3. The van der Waals surface area contributed by atoms with Gasteiger partial charge in [0.1, 0.15) is 28.3 Å². The summed E-state index contributed by atoms with van der Waals surface area (Å²) < 4.78 is 79.4. The fourth-order valence-electron chi connectivity index (χ4n) is 9.39. The summed E-state index contributed by atoms with van der Waals surface area (Å²) in [6.07, 6.45) is 4.30. The SMILES string of the molecule is O=C(N[C@@H](c1ccccc1)c1cccc(C(=O)Nc2ccc(S(=O)(=O)N3CCC[C@H]3C(=O)O[C@@H](Cc3c(Cl)c[n+]([O-])cc3Cl)c3ccc(OC(F)F)c(OCC4CC4)c3)cc2)c1)O[C@H]1CN2CCC1CC2. The number of sulfonamides is 1. The Bertz CT molecular complexity index is 2830. The van der Waals surface area contributed by atoms with Crippen LogP contribution in [0.3, 0.4) is 0 Å². The molecular formula is C51H51Cl2F2N5O10S. The van der Waals surface area contributed by atoms with E-state index < -0.39 is 52.8 Å². The number of nitrogens with one attached hydrogen (secondary N) is 2. The molecule has 4 atom stereocenters. The number of carbonyl (C=O) groups excluding carboxylic acids is 3. The normalized spacial score (nSPS) is 20.7. The van der Waals surface area contributed by atoms with Crippen molar-refractivity contribution in [2.75, 3.05) is 38.1 Å². The maximum absolute atomic E-state index is 14.2. The largest absolute Gasteiger partial charge is 0.619 e. The molecule has 4 aromatic carbocycles. The third-order valence-electron chi connectivity index (χ3n) is 13.4. The molecule has 10 rings (SSSR count). The number of hydrogen-bond acceptors (Lipinski definition) is 11. The van der Waals surface area contributed by atoms with Crippen LogP contribution in [0.25, 0.3) is 0 Å². The average molecular weight is 1030 g/mol. The molecule has 1 aromatic heterocycles. The van der Waals surface area contributed by atoms with Crippen LogP contribution in [0.5, 0.6) is 11.5 Å². The van der Waals surface area contributed by atoms with Gasteiger partial charge >= 0.3 is 18.7 Å². The topological polar surface area (TPSA) is 180 Å². The quantitative estimate of drug-likeness (QED) is 0.0487. The van der Waals surface area contributed by atoms with Crippen LogP contribution >= 0.6 is 23.2 Å².